The molecule has 0 radical (unpaired) electrons. The molecule has 0 aromatic carbocycles. The Balaban J connectivity index is 2.27. The molecule has 0 aromatic heterocycles. The van der Waals surface area contributed by atoms with Crippen LogP contribution in [0.5, 0.6) is 0 Å². The normalized spacial score (nSPS) is 29.0. The minimum Gasteiger partial charge on any atom is -0.354 e. The van der Waals surface area contributed by atoms with Crippen molar-refractivity contribution >= 4 is 5.91 Å². The molecule has 0 spiro atoms. The number of rotatable bonds is 1. The van der Waals surface area contributed by atoms with Crippen LogP contribution < -0.4 is 5.32 Å². The minimum absolute atomic E-state index is 0.0687. The Bertz CT molecular complexity index is 196. The Morgan fingerprint density at radius 2 is 2.00 bits per heavy atom. The average Bonchev–Trinajstić information content (AvgIpc) is 2.05. The van der Waals surface area contributed by atoms with Gasteiger partial charge in [-0.1, -0.05) is 0 Å². The maximum atomic E-state index is 10.7. The third-order valence-corrected chi connectivity index (χ3v) is 2.37. The van der Waals surface area contributed by atoms with Gasteiger partial charge in [0.05, 0.1) is 0 Å². The summed E-state index contributed by atoms with van der Waals surface area (Å²) in [7, 11) is 0. The van der Waals surface area contributed by atoms with E-state index in [2.05, 4.69) is 11.2 Å². The van der Waals surface area contributed by atoms with Crippen LogP contribution in [0.15, 0.2) is 0 Å². The van der Waals surface area contributed by atoms with E-state index in [9.17, 15) is 4.79 Å². The Kier molecular flexibility index (Phi) is 3.16. The highest BCUT2D eigenvalue weighted by Gasteiger charge is 2.19. The first-order valence-corrected chi connectivity index (χ1v) is 4.45. The number of carbonyl (C=O) groups excluding carboxylic acids is 1. The van der Waals surface area contributed by atoms with Crippen LogP contribution >= 0.6 is 0 Å². The summed E-state index contributed by atoms with van der Waals surface area (Å²) in [5, 5.41) is 2.92. The van der Waals surface area contributed by atoms with Crippen LogP contribution in [0.3, 0.4) is 0 Å². The third kappa shape index (κ3) is 2.58. The van der Waals surface area contributed by atoms with Gasteiger partial charge in [0.2, 0.25) is 5.91 Å². The molecular formula is C10H15NO. The lowest BCUT2D eigenvalue weighted by molar-refractivity contribution is -0.119. The smallest absolute Gasteiger partial charge is 0.217 e. The summed E-state index contributed by atoms with van der Waals surface area (Å²) in [6.45, 7) is 1.56. The molecule has 1 N–H and O–H groups in total. The third-order valence-electron chi connectivity index (χ3n) is 2.37. The summed E-state index contributed by atoms with van der Waals surface area (Å²) < 4.78 is 0. The number of hydrogen-bond acceptors (Lipinski definition) is 1. The van der Waals surface area contributed by atoms with Gasteiger partial charge in [-0.2, -0.15) is 0 Å². The van der Waals surface area contributed by atoms with Crippen LogP contribution in [-0.4, -0.2) is 11.9 Å². The molecular weight excluding hydrogens is 150 g/mol. The fourth-order valence-corrected chi connectivity index (χ4v) is 1.69. The number of amides is 1. The molecule has 0 saturated heterocycles. The van der Waals surface area contributed by atoms with Gasteiger partial charge in [0.25, 0.3) is 0 Å². The van der Waals surface area contributed by atoms with E-state index >= 15 is 0 Å². The lowest BCUT2D eigenvalue weighted by Crippen LogP contribution is -2.35. The van der Waals surface area contributed by atoms with E-state index in [0.717, 1.165) is 25.7 Å². The van der Waals surface area contributed by atoms with Gasteiger partial charge >= 0.3 is 0 Å². The van der Waals surface area contributed by atoms with E-state index < -0.39 is 0 Å². The van der Waals surface area contributed by atoms with Crippen molar-refractivity contribution in [2.24, 2.45) is 5.92 Å². The summed E-state index contributed by atoms with van der Waals surface area (Å²) in [5.74, 6) is 3.27. The topological polar surface area (TPSA) is 29.1 Å². The molecule has 0 atom stereocenters. The second-order valence-corrected chi connectivity index (χ2v) is 3.42. The molecule has 1 rings (SSSR count). The largest absolute Gasteiger partial charge is 0.354 e. The van der Waals surface area contributed by atoms with Crippen LogP contribution in [-0.2, 0) is 4.79 Å². The second-order valence-electron chi connectivity index (χ2n) is 3.42. The van der Waals surface area contributed by atoms with Gasteiger partial charge in [0, 0.05) is 18.9 Å². The lowest BCUT2D eigenvalue weighted by Gasteiger charge is -2.25. The fourth-order valence-electron chi connectivity index (χ4n) is 1.69. The average molecular weight is 165 g/mol. The zero-order chi connectivity index (χ0) is 8.97. The Labute approximate surface area is 73.7 Å². The van der Waals surface area contributed by atoms with Crippen LogP contribution in [0, 0.1) is 18.3 Å². The van der Waals surface area contributed by atoms with Crippen LogP contribution in [0.4, 0.5) is 0 Å². The first-order valence-electron chi connectivity index (χ1n) is 4.45. The van der Waals surface area contributed by atoms with E-state index in [1.807, 2.05) is 0 Å². The fraction of sp³-hybridized carbons (Fsp3) is 0.700. The molecule has 1 amide bonds. The summed E-state index contributed by atoms with van der Waals surface area (Å²) in [4.78, 5) is 10.7. The van der Waals surface area contributed by atoms with Gasteiger partial charge in [0.15, 0.2) is 0 Å². The highest BCUT2D eigenvalue weighted by molar-refractivity contribution is 5.73. The quantitative estimate of drug-likeness (QED) is 0.583. The van der Waals surface area contributed by atoms with Crippen LogP contribution in [0.2, 0.25) is 0 Å². The van der Waals surface area contributed by atoms with Crippen molar-refractivity contribution in [2.75, 3.05) is 0 Å². The SMILES string of the molecule is C#CC1CCC(NC(C)=O)CC1. The van der Waals surface area contributed by atoms with Gasteiger partial charge in [0.1, 0.15) is 0 Å². The van der Waals surface area contributed by atoms with Crippen LogP contribution in [0.25, 0.3) is 0 Å². The molecule has 1 aliphatic rings. The standard InChI is InChI=1S/C10H15NO/c1-3-9-4-6-10(7-5-9)11-8(2)12/h1,9-10H,4-7H2,2H3,(H,11,12). The van der Waals surface area contributed by atoms with Gasteiger partial charge in [-0.25, -0.2) is 0 Å². The predicted octanol–water partition coefficient (Wildman–Crippen LogP) is 1.31. The molecule has 0 bridgehead atoms. The Morgan fingerprint density at radius 3 is 2.42 bits per heavy atom. The number of hydrogen-bond donors (Lipinski definition) is 1. The Hall–Kier alpha value is -0.970. The van der Waals surface area contributed by atoms with E-state index in [4.69, 9.17) is 6.42 Å². The summed E-state index contributed by atoms with van der Waals surface area (Å²) >= 11 is 0. The van der Waals surface area contributed by atoms with Crippen molar-refractivity contribution in [1.29, 1.82) is 0 Å². The van der Waals surface area contributed by atoms with Gasteiger partial charge < -0.3 is 5.32 Å². The summed E-state index contributed by atoms with van der Waals surface area (Å²) in [6, 6.07) is 0.368. The second kappa shape index (κ2) is 4.15. The van der Waals surface area contributed by atoms with E-state index in [1.165, 1.54) is 0 Å². The maximum Gasteiger partial charge on any atom is 0.217 e. The highest BCUT2D eigenvalue weighted by atomic mass is 16.1. The van der Waals surface area contributed by atoms with E-state index in [1.54, 1.807) is 6.92 Å². The minimum atomic E-state index is 0.0687. The first kappa shape index (κ1) is 9.12. The molecule has 2 nitrogen and oxygen atoms in total. The number of terminal acetylenes is 1. The van der Waals surface area contributed by atoms with Crippen molar-refractivity contribution in [2.45, 2.75) is 38.6 Å². The number of nitrogens with one attached hydrogen (secondary N) is 1. The van der Waals surface area contributed by atoms with Crippen molar-refractivity contribution in [3.63, 3.8) is 0 Å². The van der Waals surface area contributed by atoms with Gasteiger partial charge in [-0.15, -0.1) is 12.3 Å². The number of carbonyl (C=O) groups is 1. The zero-order valence-corrected chi connectivity index (χ0v) is 7.47. The Morgan fingerprint density at radius 1 is 1.42 bits per heavy atom. The van der Waals surface area contributed by atoms with Crippen molar-refractivity contribution in [3.05, 3.63) is 0 Å². The molecule has 0 unspecified atom stereocenters. The highest BCUT2D eigenvalue weighted by Crippen LogP contribution is 2.23. The lowest BCUT2D eigenvalue weighted by atomic mass is 9.87. The molecule has 1 fully saturated rings. The molecule has 1 aliphatic carbocycles. The molecule has 2 heteroatoms. The summed E-state index contributed by atoms with van der Waals surface area (Å²) in [6.07, 6.45) is 9.50. The maximum absolute atomic E-state index is 10.7. The molecule has 0 aliphatic heterocycles. The van der Waals surface area contributed by atoms with Gasteiger partial charge in [-0.3, -0.25) is 4.79 Å². The van der Waals surface area contributed by atoms with Gasteiger partial charge in [-0.05, 0) is 25.7 Å². The molecule has 1 saturated carbocycles. The molecule has 12 heavy (non-hydrogen) atoms. The van der Waals surface area contributed by atoms with E-state index in [0.29, 0.717) is 12.0 Å². The summed E-state index contributed by atoms with van der Waals surface area (Å²) in [5.41, 5.74) is 0. The predicted molar refractivity (Wildman–Crippen MR) is 48.4 cm³/mol. The molecule has 0 aromatic rings. The first-order chi connectivity index (χ1) is 5.72. The molecule has 66 valence electrons. The zero-order valence-electron chi connectivity index (χ0n) is 7.47. The van der Waals surface area contributed by atoms with Crippen molar-refractivity contribution in [3.8, 4) is 12.3 Å². The van der Waals surface area contributed by atoms with Crippen molar-refractivity contribution in [1.82, 2.24) is 5.32 Å². The van der Waals surface area contributed by atoms with E-state index in [-0.39, 0.29) is 5.91 Å². The van der Waals surface area contributed by atoms with Crippen molar-refractivity contribution < 1.29 is 4.79 Å². The monoisotopic (exact) mass is 165 g/mol. The van der Waals surface area contributed by atoms with Crippen LogP contribution in [0.1, 0.15) is 32.6 Å². The molecule has 0 heterocycles.